The van der Waals surface area contributed by atoms with Crippen LogP contribution in [0.4, 0.5) is 13.2 Å². The summed E-state index contributed by atoms with van der Waals surface area (Å²) in [6.45, 7) is 2.30. The van der Waals surface area contributed by atoms with Crippen molar-refractivity contribution in [2.45, 2.75) is 30.1 Å². The first-order valence-electron chi connectivity index (χ1n) is 9.95. The molecule has 4 rings (SSSR count). The lowest BCUT2D eigenvalue weighted by atomic mass is 10.1. The van der Waals surface area contributed by atoms with Crippen molar-refractivity contribution < 1.29 is 17.4 Å². The van der Waals surface area contributed by atoms with Crippen molar-refractivity contribution in [2.75, 3.05) is 13.1 Å². The van der Waals surface area contributed by atoms with E-state index in [1.807, 2.05) is 12.1 Å². The first-order valence-corrected chi connectivity index (χ1v) is 11.1. The van der Waals surface area contributed by atoms with Crippen molar-refractivity contribution in [2.24, 2.45) is 0 Å². The average molecular weight is 446 g/mol. The summed E-state index contributed by atoms with van der Waals surface area (Å²) < 4.78 is 54.2. The van der Waals surface area contributed by atoms with Crippen molar-refractivity contribution in [3.63, 3.8) is 0 Å². The van der Waals surface area contributed by atoms with Crippen LogP contribution in [-0.2, 0) is 23.7 Å². The maximum atomic E-state index is 12.9. The summed E-state index contributed by atoms with van der Waals surface area (Å²) in [6, 6.07) is 16.9. The number of hydrogen-bond donors (Lipinski definition) is 1. The number of hydrogen-bond acceptors (Lipinski definition) is 3. The number of pyridine rings is 1. The Hall–Kier alpha value is -2.55. The van der Waals surface area contributed by atoms with E-state index in [9.17, 15) is 17.4 Å². The number of nitrogens with zero attached hydrogens (tertiary/aromatic N) is 2. The first-order chi connectivity index (χ1) is 14.9. The van der Waals surface area contributed by atoms with Crippen molar-refractivity contribution >= 4 is 11.0 Å². The zero-order valence-corrected chi connectivity index (χ0v) is 17.5. The van der Waals surface area contributed by atoms with Gasteiger partial charge in [0.2, 0.25) is 0 Å². The Morgan fingerprint density at radius 2 is 1.74 bits per heavy atom. The van der Waals surface area contributed by atoms with Crippen molar-refractivity contribution in [1.29, 1.82) is 0 Å². The van der Waals surface area contributed by atoms with Crippen molar-refractivity contribution in [1.82, 2.24) is 14.6 Å². The Morgan fingerprint density at radius 1 is 1.03 bits per heavy atom. The SMILES string of the molecule is O=S(N[C@@H]1CCN(Cc2ccc(-c3ccncc3)cc2)C1)c1cccc(C(F)(F)F)c1. The molecule has 1 unspecified atom stereocenters. The van der Waals surface area contributed by atoms with Gasteiger partial charge in [0.15, 0.2) is 0 Å². The second kappa shape index (κ2) is 9.30. The largest absolute Gasteiger partial charge is 0.416 e. The molecule has 0 spiro atoms. The summed E-state index contributed by atoms with van der Waals surface area (Å²) in [6.07, 6.45) is -0.120. The molecule has 1 saturated heterocycles. The summed E-state index contributed by atoms with van der Waals surface area (Å²) in [4.78, 5) is 6.43. The van der Waals surface area contributed by atoms with Crippen LogP contribution in [0.25, 0.3) is 11.1 Å². The molecule has 3 aromatic rings. The molecule has 2 aromatic carbocycles. The highest BCUT2D eigenvalue weighted by atomic mass is 32.2. The van der Waals surface area contributed by atoms with Crippen LogP contribution in [0.3, 0.4) is 0 Å². The molecule has 0 aliphatic carbocycles. The summed E-state index contributed by atoms with van der Waals surface area (Å²) in [5, 5.41) is 0. The summed E-state index contributed by atoms with van der Waals surface area (Å²) in [5.74, 6) is 0. The lowest BCUT2D eigenvalue weighted by Crippen LogP contribution is -2.33. The molecule has 1 fully saturated rings. The van der Waals surface area contributed by atoms with Crippen LogP contribution in [0.5, 0.6) is 0 Å². The van der Waals surface area contributed by atoms with Gasteiger partial charge >= 0.3 is 6.18 Å². The molecule has 1 aliphatic rings. The van der Waals surface area contributed by atoms with Crippen LogP contribution in [0.15, 0.2) is 78.0 Å². The zero-order chi connectivity index (χ0) is 21.8. The predicted molar refractivity (Wildman–Crippen MR) is 114 cm³/mol. The monoisotopic (exact) mass is 445 g/mol. The zero-order valence-electron chi connectivity index (χ0n) is 16.7. The minimum atomic E-state index is -4.45. The predicted octanol–water partition coefficient (Wildman–Crippen LogP) is 4.65. The highest BCUT2D eigenvalue weighted by molar-refractivity contribution is 7.83. The molecule has 0 saturated carbocycles. The molecular weight excluding hydrogens is 423 g/mol. The van der Waals surface area contributed by atoms with E-state index in [0.29, 0.717) is 6.54 Å². The van der Waals surface area contributed by atoms with Crippen molar-refractivity contribution in [3.05, 3.63) is 84.2 Å². The van der Waals surface area contributed by atoms with Gasteiger partial charge in [-0.3, -0.25) is 9.88 Å². The molecule has 162 valence electrons. The van der Waals surface area contributed by atoms with E-state index in [0.717, 1.165) is 42.8 Å². The van der Waals surface area contributed by atoms with E-state index in [1.165, 1.54) is 17.7 Å². The van der Waals surface area contributed by atoms with E-state index >= 15 is 0 Å². The minimum absolute atomic E-state index is 0.0357. The third-order valence-corrected chi connectivity index (χ3v) is 6.52. The van der Waals surface area contributed by atoms with Crippen molar-refractivity contribution in [3.8, 4) is 11.1 Å². The van der Waals surface area contributed by atoms with E-state index in [4.69, 9.17) is 0 Å². The Balaban J connectivity index is 1.32. The fourth-order valence-electron chi connectivity index (χ4n) is 3.68. The standard InChI is InChI=1S/C23H22F3N3OS/c24-23(25,26)20-2-1-3-22(14-20)31(30)28-21-10-13-29(16-21)15-17-4-6-18(7-5-17)19-8-11-27-12-9-19/h1-9,11-12,14,21,28H,10,13,15-16H2/t21-,31?/m1/s1. The summed E-state index contributed by atoms with van der Waals surface area (Å²) in [7, 11) is -1.69. The van der Waals surface area contributed by atoms with E-state index in [2.05, 4.69) is 38.9 Å². The molecule has 0 bridgehead atoms. The molecule has 8 heteroatoms. The third kappa shape index (κ3) is 5.58. The second-order valence-corrected chi connectivity index (χ2v) is 8.81. The first kappa shape index (κ1) is 21.7. The molecule has 1 aromatic heterocycles. The molecule has 2 atom stereocenters. The van der Waals surface area contributed by atoms with Gasteiger partial charge in [-0.2, -0.15) is 13.2 Å². The highest BCUT2D eigenvalue weighted by Gasteiger charge is 2.31. The van der Waals surface area contributed by atoms with Gasteiger partial charge in [-0.05, 0) is 53.4 Å². The van der Waals surface area contributed by atoms with Crippen LogP contribution in [0.2, 0.25) is 0 Å². The smallest absolute Gasteiger partial charge is 0.297 e. The van der Waals surface area contributed by atoms with Gasteiger partial charge in [-0.1, -0.05) is 30.3 Å². The van der Waals surface area contributed by atoms with Crippen LogP contribution in [0, 0.1) is 0 Å². The number of rotatable bonds is 6. The molecule has 0 radical (unpaired) electrons. The quantitative estimate of drug-likeness (QED) is 0.601. The van der Waals surface area contributed by atoms with Crippen LogP contribution in [-0.4, -0.2) is 33.2 Å². The molecule has 1 aliphatic heterocycles. The Labute approximate surface area is 181 Å². The highest BCUT2D eigenvalue weighted by Crippen LogP contribution is 2.30. The molecule has 1 N–H and O–H groups in total. The van der Waals surface area contributed by atoms with E-state index in [1.54, 1.807) is 12.4 Å². The topological polar surface area (TPSA) is 45.2 Å². The maximum absolute atomic E-state index is 12.9. The van der Waals surface area contributed by atoms with Gasteiger partial charge in [-0.25, -0.2) is 8.93 Å². The van der Waals surface area contributed by atoms with Gasteiger partial charge in [0.05, 0.1) is 10.5 Å². The van der Waals surface area contributed by atoms with Gasteiger partial charge < -0.3 is 0 Å². The third-order valence-electron chi connectivity index (χ3n) is 5.30. The molecule has 31 heavy (non-hydrogen) atoms. The summed E-state index contributed by atoms with van der Waals surface area (Å²) >= 11 is 0. The lowest BCUT2D eigenvalue weighted by Gasteiger charge is -2.17. The van der Waals surface area contributed by atoms with Crippen LogP contribution in [0.1, 0.15) is 17.5 Å². The van der Waals surface area contributed by atoms with E-state index in [-0.39, 0.29) is 10.9 Å². The molecule has 2 heterocycles. The Morgan fingerprint density at radius 3 is 2.45 bits per heavy atom. The number of benzene rings is 2. The fourth-order valence-corrected chi connectivity index (χ4v) is 4.75. The van der Waals surface area contributed by atoms with Gasteiger partial charge in [-0.15, -0.1) is 0 Å². The molecular formula is C23H22F3N3OS. The lowest BCUT2D eigenvalue weighted by molar-refractivity contribution is -0.137. The Bertz CT molecular complexity index is 1040. The number of aromatic nitrogens is 1. The fraction of sp³-hybridized carbons (Fsp3) is 0.261. The molecule has 4 nitrogen and oxygen atoms in total. The number of halogens is 3. The number of nitrogens with one attached hydrogen (secondary N) is 1. The van der Waals surface area contributed by atoms with Crippen LogP contribution < -0.4 is 4.72 Å². The molecule has 0 amide bonds. The number of likely N-dealkylation sites (tertiary alicyclic amines) is 1. The van der Waals surface area contributed by atoms with Gasteiger partial charge in [0, 0.05) is 38.1 Å². The second-order valence-electron chi connectivity index (χ2n) is 7.57. The average Bonchev–Trinajstić information content (AvgIpc) is 3.21. The summed E-state index contributed by atoms with van der Waals surface area (Å²) in [5.41, 5.74) is 2.63. The van der Waals surface area contributed by atoms with Crippen LogP contribution >= 0.6 is 0 Å². The van der Waals surface area contributed by atoms with E-state index < -0.39 is 22.7 Å². The van der Waals surface area contributed by atoms with Gasteiger partial charge in [0.25, 0.3) is 0 Å². The maximum Gasteiger partial charge on any atom is 0.416 e. The van der Waals surface area contributed by atoms with Gasteiger partial charge in [0.1, 0.15) is 11.0 Å². The number of alkyl halides is 3. The normalized spacial score (nSPS) is 18.2. The Kier molecular flexibility index (Phi) is 6.50. The minimum Gasteiger partial charge on any atom is -0.297 e.